The molecule has 0 saturated carbocycles. The molecule has 3 N–H and O–H groups in total. The van der Waals surface area contributed by atoms with Gasteiger partial charge in [0.05, 0.1) is 11.5 Å². The van der Waals surface area contributed by atoms with Crippen LogP contribution in [-0.2, 0) is 4.79 Å². The lowest BCUT2D eigenvalue weighted by atomic mass is 10.2. The number of carboxylic acid groups (broad SMARTS) is 1. The van der Waals surface area contributed by atoms with Crippen LogP contribution < -0.4 is 10.5 Å². The van der Waals surface area contributed by atoms with Gasteiger partial charge in [0.2, 0.25) is 0 Å². The number of aryl methyl sites for hydroxylation is 1. The highest BCUT2D eigenvalue weighted by Crippen LogP contribution is 2.27. The smallest absolute Gasteiger partial charge is 0.320 e. The first-order valence-corrected chi connectivity index (χ1v) is 5.28. The van der Waals surface area contributed by atoms with E-state index in [0.29, 0.717) is 0 Å². The quantitative estimate of drug-likeness (QED) is 0.579. The van der Waals surface area contributed by atoms with E-state index < -0.39 is 16.9 Å². The van der Waals surface area contributed by atoms with E-state index in [1.807, 2.05) is 0 Å². The third-order valence-corrected chi connectivity index (χ3v) is 2.32. The topological polar surface area (TPSA) is 116 Å². The molecule has 1 rings (SSSR count). The van der Waals surface area contributed by atoms with Gasteiger partial charge in [0, 0.05) is 12.5 Å². The Bertz CT molecular complexity index is 461. The van der Waals surface area contributed by atoms with E-state index in [1.54, 1.807) is 13.0 Å². The molecule has 0 aliphatic heterocycles. The van der Waals surface area contributed by atoms with Crippen LogP contribution >= 0.6 is 0 Å². The third-order valence-electron chi connectivity index (χ3n) is 2.32. The summed E-state index contributed by atoms with van der Waals surface area (Å²) in [5.41, 5.74) is 5.96. The number of benzene rings is 1. The number of nitrogens with two attached hydrogens (primary N) is 1. The van der Waals surface area contributed by atoms with Crippen LogP contribution in [0.4, 0.5) is 5.69 Å². The summed E-state index contributed by atoms with van der Waals surface area (Å²) in [5, 5.41) is 19.3. The zero-order chi connectivity index (χ0) is 13.7. The summed E-state index contributed by atoms with van der Waals surface area (Å²) in [6, 6.07) is 3.45. The second kappa shape index (κ2) is 5.97. The van der Waals surface area contributed by atoms with Crippen molar-refractivity contribution < 1.29 is 19.6 Å². The van der Waals surface area contributed by atoms with Crippen molar-refractivity contribution in [1.29, 1.82) is 0 Å². The molecule has 0 amide bonds. The minimum atomic E-state index is -1.13. The first kappa shape index (κ1) is 13.9. The highest BCUT2D eigenvalue weighted by Gasteiger charge is 2.16. The van der Waals surface area contributed by atoms with Gasteiger partial charge in [0.15, 0.2) is 5.75 Å². The molecule has 0 aliphatic rings. The second-order valence-electron chi connectivity index (χ2n) is 3.81. The van der Waals surface area contributed by atoms with Crippen molar-refractivity contribution in [3.8, 4) is 5.75 Å². The lowest BCUT2D eigenvalue weighted by Gasteiger charge is -2.09. The molecule has 0 radical (unpaired) electrons. The number of nitrogens with zero attached hydrogens (tertiary/aromatic N) is 1. The van der Waals surface area contributed by atoms with E-state index in [1.165, 1.54) is 12.1 Å². The van der Waals surface area contributed by atoms with E-state index in [4.69, 9.17) is 15.6 Å². The summed E-state index contributed by atoms with van der Waals surface area (Å²) in [6.07, 6.45) is 0.0838. The Morgan fingerprint density at radius 2 is 2.28 bits per heavy atom. The molecule has 1 atom stereocenters. The maximum Gasteiger partial charge on any atom is 0.320 e. The Kier molecular flexibility index (Phi) is 4.61. The zero-order valence-electron chi connectivity index (χ0n) is 9.83. The number of carboxylic acids is 1. The van der Waals surface area contributed by atoms with Gasteiger partial charge in [-0.05, 0) is 18.6 Å². The van der Waals surface area contributed by atoms with Crippen molar-refractivity contribution in [3.63, 3.8) is 0 Å². The lowest BCUT2D eigenvalue weighted by Crippen LogP contribution is -2.31. The van der Waals surface area contributed by atoms with Crippen molar-refractivity contribution in [2.24, 2.45) is 5.73 Å². The molecule has 98 valence electrons. The minimum absolute atomic E-state index is 0.0117. The molecule has 18 heavy (non-hydrogen) atoms. The molecule has 0 saturated heterocycles. The van der Waals surface area contributed by atoms with Gasteiger partial charge in [-0.1, -0.05) is 6.07 Å². The Morgan fingerprint density at radius 3 is 2.83 bits per heavy atom. The van der Waals surface area contributed by atoms with E-state index >= 15 is 0 Å². The molecule has 7 heteroatoms. The molecular formula is C11H14N2O5. The fraction of sp³-hybridized carbons (Fsp3) is 0.364. The van der Waals surface area contributed by atoms with Crippen LogP contribution in [-0.4, -0.2) is 28.6 Å². The summed E-state index contributed by atoms with van der Waals surface area (Å²) < 4.78 is 5.22. The predicted octanol–water partition coefficient (Wildman–Crippen LogP) is 1.08. The van der Waals surface area contributed by atoms with Crippen LogP contribution in [0.5, 0.6) is 5.75 Å². The number of carbonyl (C=O) groups is 1. The first-order valence-electron chi connectivity index (χ1n) is 5.28. The largest absolute Gasteiger partial charge is 0.487 e. The molecule has 0 aromatic heterocycles. The molecule has 0 heterocycles. The van der Waals surface area contributed by atoms with Crippen molar-refractivity contribution in [3.05, 3.63) is 33.9 Å². The van der Waals surface area contributed by atoms with Crippen molar-refractivity contribution in [1.82, 2.24) is 0 Å². The van der Waals surface area contributed by atoms with Gasteiger partial charge in [0.25, 0.3) is 0 Å². The zero-order valence-corrected chi connectivity index (χ0v) is 9.83. The summed E-state index contributed by atoms with van der Waals surface area (Å²) >= 11 is 0. The monoisotopic (exact) mass is 254 g/mol. The van der Waals surface area contributed by atoms with E-state index in [9.17, 15) is 14.9 Å². The third kappa shape index (κ3) is 3.70. The SMILES string of the molecule is Cc1ccc([N+](=O)[O-])c(OCCC(N)C(=O)O)c1. The molecule has 0 bridgehead atoms. The van der Waals surface area contributed by atoms with Crippen molar-refractivity contribution >= 4 is 11.7 Å². The lowest BCUT2D eigenvalue weighted by molar-refractivity contribution is -0.385. The van der Waals surface area contributed by atoms with E-state index in [-0.39, 0.29) is 24.5 Å². The van der Waals surface area contributed by atoms with Gasteiger partial charge in [-0.3, -0.25) is 14.9 Å². The van der Waals surface area contributed by atoms with Gasteiger partial charge < -0.3 is 15.6 Å². The maximum atomic E-state index is 10.7. The van der Waals surface area contributed by atoms with E-state index in [2.05, 4.69) is 0 Å². The van der Waals surface area contributed by atoms with Gasteiger partial charge >= 0.3 is 11.7 Å². The molecular weight excluding hydrogens is 240 g/mol. The Balaban J connectivity index is 2.69. The van der Waals surface area contributed by atoms with Crippen LogP contribution in [0.15, 0.2) is 18.2 Å². The Labute approximate surface area is 103 Å². The number of ether oxygens (including phenoxy) is 1. The Hall–Kier alpha value is -2.15. The molecule has 1 aromatic carbocycles. The Morgan fingerprint density at radius 1 is 1.61 bits per heavy atom. The first-order chi connectivity index (χ1) is 8.41. The predicted molar refractivity (Wildman–Crippen MR) is 63.6 cm³/mol. The number of rotatable bonds is 6. The molecule has 0 spiro atoms. The average Bonchev–Trinajstić information content (AvgIpc) is 2.28. The summed E-state index contributed by atoms with van der Waals surface area (Å²) in [7, 11) is 0. The molecule has 1 unspecified atom stereocenters. The minimum Gasteiger partial charge on any atom is -0.487 e. The van der Waals surface area contributed by atoms with Gasteiger partial charge in [-0.2, -0.15) is 0 Å². The highest BCUT2D eigenvalue weighted by atomic mass is 16.6. The number of nitro benzene ring substituents is 1. The number of nitro groups is 1. The second-order valence-corrected chi connectivity index (χ2v) is 3.81. The summed E-state index contributed by atoms with van der Waals surface area (Å²) in [5.74, 6) is -1.00. The van der Waals surface area contributed by atoms with Crippen LogP contribution in [0.2, 0.25) is 0 Å². The molecule has 0 fully saturated rings. The van der Waals surface area contributed by atoms with Crippen molar-refractivity contribution in [2.75, 3.05) is 6.61 Å². The number of hydrogen-bond donors (Lipinski definition) is 2. The number of aliphatic carboxylic acids is 1. The highest BCUT2D eigenvalue weighted by molar-refractivity contribution is 5.72. The number of hydrogen-bond acceptors (Lipinski definition) is 5. The van der Waals surface area contributed by atoms with Gasteiger partial charge in [-0.25, -0.2) is 0 Å². The maximum absolute atomic E-state index is 10.7. The summed E-state index contributed by atoms with van der Waals surface area (Å²) in [4.78, 5) is 20.7. The molecule has 0 aliphatic carbocycles. The van der Waals surface area contributed by atoms with Crippen LogP contribution in [0.25, 0.3) is 0 Å². The molecule has 7 nitrogen and oxygen atoms in total. The normalized spacial score (nSPS) is 11.9. The standard InChI is InChI=1S/C11H14N2O5/c1-7-2-3-9(13(16)17)10(6-7)18-5-4-8(12)11(14)15/h2-3,6,8H,4-5,12H2,1H3,(H,14,15). The fourth-order valence-corrected chi connectivity index (χ4v) is 1.31. The summed E-state index contributed by atoms with van der Waals surface area (Å²) in [6.45, 7) is 1.79. The molecule has 1 aromatic rings. The van der Waals surface area contributed by atoms with Crippen LogP contribution in [0.1, 0.15) is 12.0 Å². The van der Waals surface area contributed by atoms with E-state index in [0.717, 1.165) is 5.56 Å². The van der Waals surface area contributed by atoms with Gasteiger partial charge in [0.1, 0.15) is 6.04 Å². The van der Waals surface area contributed by atoms with Crippen molar-refractivity contribution in [2.45, 2.75) is 19.4 Å². The van der Waals surface area contributed by atoms with Crippen LogP contribution in [0.3, 0.4) is 0 Å². The average molecular weight is 254 g/mol. The van der Waals surface area contributed by atoms with Gasteiger partial charge in [-0.15, -0.1) is 0 Å². The fourth-order valence-electron chi connectivity index (χ4n) is 1.31. The van der Waals surface area contributed by atoms with Crippen LogP contribution in [0, 0.1) is 17.0 Å².